The van der Waals surface area contributed by atoms with Crippen molar-refractivity contribution in [3.63, 3.8) is 0 Å². The zero-order valence-corrected chi connectivity index (χ0v) is 8.76. The summed E-state index contributed by atoms with van der Waals surface area (Å²) in [7, 11) is 0. The lowest BCUT2D eigenvalue weighted by molar-refractivity contribution is -0.118. The van der Waals surface area contributed by atoms with E-state index in [0.29, 0.717) is 12.1 Å². The van der Waals surface area contributed by atoms with Crippen molar-refractivity contribution in [3.05, 3.63) is 35.4 Å². The molecule has 0 fully saturated rings. The molecule has 3 N–H and O–H groups in total. The van der Waals surface area contributed by atoms with Gasteiger partial charge in [0.25, 0.3) is 0 Å². The Bertz CT molecular complexity index is 407. The molecular weight excluding hydrogens is 214 g/mol. The summed E-state index contributed by atoms with van der Waals surface area (Å²) < 4.78 is 26.0. The highest BCUT2D eigenvalue weighted by atomic mass is 19.1. The van der Waals surface area contributed by atoms with Gasteiger partial charge in [-0.2, -0.15) is 0 Å². The van der Waals surface area contributed by atoms with Crippen LogP contribution in [0.3, 0.4) is 0 Å². The molecule has 0 saturated heterocycles. The second-order valence-electron chi connectivity index (χ2n) is 3.24. The van der Waals surface area contributed by atoms with Gasteiger partial charge in [-0.1, -0.05) is 12.2 Å². The van der Waals surface area contributed by atoms with E-state index in [2.05, 4.69) is 5.32 Å². The topological polar surface area (TPSA) is 55.1 Å². The Hall–Kier alpha value is -1.91. The monoisotopic (exact) mass is 226 g/mol. The van der Waals surface area contributed by atoms with Crippen molar-refractivity contribution in [1.29, 1.82) is 0 Å². The van der Waals surface area contributed by atoms with Crippen LogP contribution in [0, 0.1) is 11.6 Å². The minimum absolute atomic E-state index is 0.167. The maximum Gasteiger partial charge on any atom is 0.217 e. The molecule has 0 radical (unpaired) electrons. The average Bonchev–Trinajstić information content (AvgIpc) is 2.20. The van der Waals surface area contributed by atoms with Gasteiger partial charge in [-0.15, -0.1) is 0 Å². The van der Waals surface area contributed by atoms with Crippen molar-refractivity contribution in [1.82, 2.24) is 5.32 Å². The first-order valence-corrected chi connectivity index (χ1v) is 4.66. The van der Waals surface area contributed by atoms with Crippen LogP contribution in [0.4, 0.5) is 14.5 Å². The van der Waals surface area contributed by atoms with Crippen LogP contribution in [0.1, 0.15) is 12.5 Å². The molecule has 0 aliphatic rings. The predicted molar refractivity (Wildman–Crippen MR) is 58.5 cm³/mol. The Labute approximate surface area is 91.9 Å². The minimum atomic E-state index is -0.792. The third kappa shape index (κ3) is 3.34. The zero-order chi connectivity index (χ0) is 12.1. The molecule has 0 aliphatic carbocycles. The van der Waals surface area contributed by atoms with Gasteiger partial charge in [0.2, 0.25) is 5.91 Å². The van der Waals surface area contributed by atoms with Crippen molar-refractivity contribution in [2.75, 3.05) is 12.3 Å². The van der Waals surface area contributed by atoms with Crippen molar-refractivity contribution in [2.45, 2.75) is 6.92 Å². The van der Waals surface area contributed by atoms with Gasteiger partial charge in [0.05, 0.1) is 0 Å². The van der Waals surface area contributed by atoms with Gasteiger partial charge in [-0.3, -0.25) is 4.79 Å². The number of amides is 1. The molecule has 0 saturated carbocycles. The Balaban J connectivity index is 2.71. The summed E-state index contributed by atoms with van der Waals surface area (Å²) in [4.78, 5) is 10.5. The van der Waals surface area contributed by atoms with Gasteiger partial charge < -0.3 is 11.1 Å². The number of hydrogen-bond acceptors (Lipinski definition) is 2. The largest absolute Gasteiger partial charge is 0.394 e. The molecule has 1 amide bonds. The van der Waals surface area contributed by atoms with Crippen LogP contribution in [0.25, 0.3) is 6.08 Å². The molecule has 0 heterocycles. The number of carbonyl (C=O) groups excluding carboxylic acids is 1. The fraction of sp³-hybridized carbons (Fsp3) is 0.182. The highest BCUT2D eigenvalue weighted by Gasteiger charge is 2.05. The SMILES string of the molecule is CC(=O)NCC=Cc1cc(F)c(N)c(F)c1. The van der Waals surface area contributed by atoms with E-state index in [9.17, 15) is 13.6 Å². The standard InChI is InChI=1S/C11H12F2N2O/c1-7(16)15-4-2-3-8-5-9(12)11(14)10(13)6-8/h2-3,5-6H,4,14H2,1H3,(H,15,16). The first-order valence-electron chi connectivity index (χ1n) is 4.66. The molecule has 0 spiro atoms. The average molecular weight is 226 g/mol. The number of rotatable bonds is 3. The Morgan fingerprint density at radius 3 is 2.50 bits per heavy atom. The lowest BCUT2D eigenvalue weighted by Gasteiger charge is -2.00. The molecule has 0 unspecified atom stereocenters. The summed E-state index contributed by atoms with van der Waals surface area (Å²) in [6.07, 6.45) is 3.09. The lowest BCUT2D eigenvalue weighted by Crippen LogP contribution is -2.19. The maximum atomic E-state index is 13.0. The second kappa shape index (κ2) is 5.25. The van der Waals surface area contributed by atoms with Gasteiger partial charge in [0.1, 0.15) is 17.3 Å². The van der Waals surface area contributed by atoms with Crippen molar-refractivity contribution in [3.8, 4) is 0 Å². The highest BCUT2D eigenvalue weighted by molar-refractivity contribution is 5.73. The van der Waals surface area contributed by atoms with E-state index in [-0.39, 0.29) is 5.91 Å². The maximum absolute atomic E-state index is 13.0. The van der Waals surface area contributed by atoms with Gasteiger partial charge in [0.15, 0.2) is 0 Å². The smallest absolute Gasteiger partial charge is 0.217 e. The molecule has 1 rings (SSSR count). The fourth-order valence-electron chi connectivity index (χ4n) is 1.10. The van der Waals surface area contributed by atoms with Gasteiger partial charge in [0, 0.05) is 13.5 Å². The van der Waals surface area contributed by atoms with Crippen LogP contribution in [0.5, 0.6) is 0 Å². The fourth-order valence-corrected chi connectivity index (χ4v) is 1.10. The molecule has 16 heavy (non-hydrogen) atoms. The Morgan fingerprint density at radius 1 is 1.44 bits per heavy atom. The van der Waals surface area contributed by atoms with Crippen molar-refractivity contribution < 1.29 is 13.6 Å². The number of halogens is 2. The Kier molecular flexibility index (Phi) is 3.99. The number of anilines is 1. The van der Waals surface area contributed by atoms with Crippen molar-refractivity contribution in [2.24, 2.45) is 0 Å². The van der Waals surface area contributed by atoms with Crippen LogP contribution in [-0.2, 0) is 4.79 Å². The van der Waals surface area contributed by atoms with Crippen LogP contribution >= 0.6 is 0 Å². The third-order valence-electron chi connectivity index (χ3n) is 1.88. The molecule has 5 heteroatoms. The number of nitrogen functional groups attached to an aromatic ring is 1. The van der Waals surface area contributed by atoms with E-state index < -0.39 is 17.3 Å². The summed E-state index contributed by atoms with van der Waals surface area (Å²) in [6.45, 7) is 1.69. The van der Waals surface area contributed by atoms with Crippen molar-refractivity contribution >= 4 is 17.7 Å². The quantitative estimate of drug-likeness (QED) is 0.771. The van der Waals surface area contributed by atoms with E-state index in [0.717, 1.165) is 12.1 Å². The normalized spacial score (nSPS) is 10.7. The Morgan fingerprint density at radius 2 is 2.00 bits per heavy atom. The molecule has 0 aromatic heterocycles. The molecule has 0 atom stereocenters. The lowest BCUT2D eigenvalue weighted by atomic mass is 10.1. The van der Waals surface area contributed by atoms with E-state index in [1.165, 1.54) is 13.0 Å². The van der Waals surface area contributed by atoms with Gasteiger partial charge in [-0.25, -0.2) is 8.78 Å². The summed E-state index contributed by atoms with van der Waals surface area (Å²) in [5.41, 5.74) is 4.98. The van der Waals surface area contributed by atoms with E-state index in [4.69, 9.17) is 5.73 Å². The molecule has 3 nitrogen and oxygen atoms in total. The first kappa shape index (κ1) is 12.2. The molecule has 86 valence electrons. The minimum Gasteiger partial charge on any atom is -0.394 e. The van der Waals surface area contributed by atoms with Crippen LogP contribution in [0.2, 0.25) is 0 Å². The molecule has 1 aromatic carbocycles. The number of nitrogens with one attached hydrogen (secondary N) is 1. The summed E-state index contributed by atoms with van der Waals surface area (Å²) in [5.74, 6) is -1.75. The molecule has 0 bridgehead atoms. The first-order chi connectivity index (χ1) is 7.50. The molecule has 1 aromatic rings. The molecule has 0 aliphatic heterocycles. The van der Waals surface area contributed by atoms with Crippen LogP contribution in [-0.4, -0.2) is 12.5 Å². The van der Waals surface area contributed by atoms with E-state index >= 15 is 0 Å². The van der Waals surface area contributed by atoms with Gasteiger partial charge in [-0.05, 0) is 17.7 Å². The summed E-state index contributed by atoms with van der Waals surface area (Å²) in [5, 5.41) is 2.52. The van der Waals surface area contributed by atoms with Crippen LogP contribution in [0.15, 0.2) is 18.2 Å². The summed E-state index contributed by atoms with van der Waals surface area (Å²) in [6, 6.07) is 2.26. The van der Waals surface area contributed by atoms with E-state index in [1.807, 2.05) is 0 Å². The molecular formula is C11H12F2N2O. The number of nitrogens with two attached hydrogens (primary N) is 1. The second-order valence-corrected chi connectivity index (χ2v) is 3.24. The zero-order valence-electron chi connectivity index (χ0n) is 8.76. The van der Waals surface area contributed by atoms with Crippen LogP contribution < -0.4 is 11.1 Å². The number of carbonyl (C=O) groups is 1. The third-order valence-corrected chi connectivity index (χ3v) is 1.88. The number of benzene rings is 1. The van der Waals surface area contributed by atoms with Gasteiger partial charge >= 0.3 is 0 Å². The predicted octanol–water partition coefficient (Wildman–Crippen LogP) is 1.70. The highest BCUT2D eigenvalue weighted by Crippen LogP contribution is 2.17. The summed E-state index contributed by atoms with van der Waals surface area (Å²) >= 11 is 0. The van der Waals surface area contributed by atoms with E-state index in [1.54, 1.807) is 6.08 Å². The number of hydrogen-bond donors (Lipinski definition) is 2.